The van der Waals surface area contributed by atoms with Gasteiger partial charge >= 0.3 is 11.9 Å². The first-order valence-electron chi connectivity index (χ1n) is 28.7. The van der Waals surface area contributed by atoms with Crippen molar-refractivity contribution in [3.63, 3.8) is 0 Å². The van der Waals surface area contributed by atoms with E-state index in [9.17, 15) is 19.8 Å². The highest BCUT2D eigenvalue weighted by Crippen LogP contribution is 2.36. The lowest BCUT2D eigenvalue weighted by Crippen LogP contribution is -2.12. The van der Waals surface area contributed by atoms with Crippen LogP contribution >= 0.6 is 0 Å². The van der Waals surface area contributed by atoms with Crippen LogP contribution in [0.5, 0.6) is 23.0 Å². The third kappa shape index (κ3) is 25.3. The lowest BCUT2D eigenvalue weighted by Gasteiger charge is -2.14. The van der Waals surface area contributed by atoms with E-state index in [2.05, 4.69) is 178 Å². The number of hydrogen-bond acceptors (Lipinski definition) is 12. The number of aromatic nitrogens is 4. The number of esters is 2. The Morgan fingerprint density at radius 1 is 0.464 bits per heavy atom. The Labute approximate surface area is 496 Å². The molecule has 0 atom stereocenters. The first-order valence-corrected chi connectivity index (χ1v) is 28.7. The largest absolute Gasteiger partial charge is 0.504 e. The van der Waals surface area contributed by atoms with Crippen molar-refractivity contribution in [2.24, 2.45) is 0 Å². The van der Waals surface area contributed by atoms with Gasteiger partial charge in [0.2, 0.25) is 0 Å². The van der Waals surface area contributed by atoms with Crippen molar-refractivity contribution in [3.8, 4) is 47.7 Å². The van der Waals surface area contributed by atoms with Crippen LogP contribution in [0.4, 0.5) is 23.0 Å². The Morgan fingerprint density at radius 3 is 1.23 bits per heavy atom. The zero-order valence-electron chi connectivity index (χ0n) is 48.4. The highest BCUT2D eigenvalue weighted by Gasteiger charge is 2.18. The second kappa shape index (κ2) is 39.6. The lowest BCUT2D eigenvalue weighted by atomic mass is 10.1. The van der Waals surface area contributed by atoms with Crippen LogP contribution in [0.2, 0.25) is 0 Å². The lowest BCUT2D eigenvalue weighted by molar-refractivity contribution is -0.137. The molecule has 4 aromatic carbocycles. The number of aromatic hydroxyl groups is 2. The van der Waals surface area contributed by atoms with E-state index in [4.69, 9.17) is 22.3 Å². The van der Waals surface area contributed by atoms with Crippen LogP contribution in [0, 0.1) is 24.7 Å². The summed E-state index contributed by atoms with van der Waals surface area (Å²) >= 11 is 0. The molecule has 0 fully saturated rings. The Balaban J connectivity index is 0.000000508. The summed E-state index contributed by atoms with van der Waals surface area (Å²) in [5.74, 6) is 5.17. The van der Waals surface area contributed by atoms with Crippen molar-refractivity contribution in [2.75, 3.05) is 10.6 Å². The van der Waals surface area contributed by atoms with E-state index in [1.807, 2.05) is 48.5 Å². The van der Waals surface area contributed by atoms with Gasteiger partial charge in [0.15, 0.2) is 23.0 Å². The number of carbonyl (C=O) groups is 2. The number of unbranched alkanes of at least 4 members (excludes halogenated alkanes) is 2. The molecule has 2 heterocycles. The van der Waals surface area contributed by atoms with Gasteiger partial charge in [0.25, 0.3) is 0 Å². The van der Waals surface area contributed by atoms with Gasteiger partial charge < -0.3 is 30.3 Å². The maximum absolute atomic E-state index is 13.1. The maximum atomic E-state index is 13.1. The Bertz CT molecular complexity index is 3440. The number of allylic oxidation sites excluding steroid dienone is 20. The number of fused-ring (bicyclic) bond motifs is 2. The summed E-state index contributed by atoms with van der Waals surface area (Å²) in [5, 5.41) is 26.7. The summed E-state index contributed by atoms with van der Waals surface area (Å²) < 4.78 is 11.7. The summed E-state index contributed by atoms with van der Waals surface area (Å²) in [6, 6.07) is 20.8. The summed E-state index contributed by atoms with van der Waals surface area (Å²) in [4.78, 5) is 43.3. The van der Waals surface area contributed by atoms with Crippen molar-refractivity contribution in [1.82, 2.24) is 19.9 Å². The van der Waals surface area contributed by atoms with Gasteiger partial charge in [0.1, 0.15) is 24.3 Å². The van der Waals surface area contributed by atoms with Gasteiger partial charge in [-0.3, -0.25) is 9.59 Å². The van der Waals surface area contributed by atoms with E-state index >= 15 is 0 Å². The predicted octanol–water partition coefficient (Wildman–Crippen LogP) is 17.8. The second-order valence-electron chi connectivity index (χ2n) is 19.0. The van der Waals surface area contributed by atoms with Crippen LogP contribution in [0.3, 0.4) is 0 Å². The molecule has 0 amide bonds. The zero-order valence-corrected chi connectivity index (χ0v) is 48.4. The normalized spacial score (nSPS) is 11.9. The van der Waals surface area contributed by atoms with Crippen LogP contribution in [0.15, 0.2) is 207 Å². The molecule has 0 bridgehead atoms. The standard InChI is InChI=1S/C56H67N3O4.C16H11N3O2/c1-4-7-9-11-13-15-17-19-21-23-25-27-29-31-33-35-37-42-54(60)62-52-45-50-51(57-47-58-56(50)59-49-41-39-40-48(6-3)44-49)46-53(52)63-55(61)43-38-36-34-32-30-28-26-24-22-20-18-16-14-12-10-8-5-2;1-2-10-4-3-5-11(6-10)19-16-12-7-14(20)15(21)8-13(12)17-9-18-16/h3,7-10,13-16,19-22,25-28,31-34,39-41,44-47H,4-5,11-12,17-18,23-24,29-30,35-38,42-43H2,1-2H3,(H,57,58,59);1,3-9,20-21H,(H,17,18,19)/b9-7-,10-8-,15-13-,16-14-,21-19-,22-20-,27-25-,28-26-,33-31-,34-32-;. The minimum atomic E-state index is -0.425. The molecule has 0 saturated heterocycles. The third-order valence-corrected chi connectivity index (χ3v) is 12.3. The van der Waals surface area contributed by atoms with Crippen molar-refractivity contribution < 1.29 is 29.3 Å². The molecular formula is C72H78N6O6. The Hall–Kier alpha value is -9.78. The molecule has 0 saturated carbocycles. The number of terminal acetylenes is 2. The van der Waals surface area contributed by atoms with Gasteiger partial charge in [-0.2, -0.15) is 0 Å². The number of phenolic OH excluding ortho intramolecular Hbond substituents is 2. The van der Waals surface area contributed by atoms with Crippen LogP contribution in [-0.4, -0.2) is 42.1 Å². The molecule has 6 rings (SSSR count). The van der Waals surface area contributed by atoms with E-state index in [1.54, 1.807) is 12.1 Å². The van der Waals surface area contributed by atoms with Gasteiger partial charge in [-0.15, -0.1) is 12.8 Å². The van der Waals surface area contributed by atoms with E-state index in [1.165, 1.54) is 24.8 Å². The van der Waals surface area contributed by atoms with E-state index < -0.39 is 11.9 Å². The summed E-state index contributed by atoms with van der Waals surface area (Å²) in [7, 11) is 0. The summed E-state index contributed by atoms with van der Waals surface area (Å²) in [6.45, 7) is 4.28. The van der Waals surface area contributed by atoms with Crippen LogP contribution in [0.1, 0.15) is 128 Å². The van der Waals surface area contributed by atoms with Gasteiger partial charge in [-0.05, 0) is 138 Å². The number of ether oxygens (including phenoxy) is 2. The number of benzene rings is 4. The SMILES string of the molecule is C#Cc1cccc(Nc2ncnc3cc(O)c(O)cc23)c1.C#Cc1cccc(Nc2ncnc3cc(OC(=O)CCC/C=C\C/C=C\C/C=C\C/C=C\C/C=C\CC)c(OC(=O)CCC/C=C\C/C=C\C/C=C\C/C=C\C/C=C\CC)cc23)c1. The highest BCUT2D eigenvalue weighted by atomic mass is 16.6. The number of hydrogen-bond donors (Lipinski definition) is 4. The Morgan fingerprint density at radius 2 is 0.821 bits per heavy atom. The number of anilines is 4. The molecule has 6 aromatic rings. The van der Waals surface area contributed by atoms with Crippen LogP contribution in [-0.2, 0) is 9.59 Å². The maximum Gasteiger partial charge on any atom is 0.311 e. The number of phenols is 2. The minimum Gasteiger partial charge on any atom is -0.504 e. The molecule has 0 aliphatic carbocycles. The van der Waals surface area contributed by atoms with Crippen LogP contribution in [0.25, 0.3) is 21.8 Å². The molecule has 2 aromatic heterocycles. The molecule has 12 heteroatoms. The minimum absolute atomic E-state index is 0.129. The van der Waals surface area contributed by atoms with Gasteiger partial charge in [-0.25, -0.2) is 19.9 Å². The fraction of sp³-hybridized carbons (Fsp3) is 0.250. The van der Waals surface area contributed by atoms with Gasteiger partial charge in [-0.1, -0.05) is 159 Å². The third-order valence-electron chi connectivity index (χ3n) is 12.3. The molecular weight excluding hydrogens is 1040 g/mol. The molecule has 0 unspecified atom stereocenters. The fourth-order valence-electron chi connectivity index (χ4n) is 7.96. The number of rotatable bonds is 32. The van der Waals surface area contributed by atoms with Crippen LogP contribution < -0.4 is 20.1 Å². The summed E-state index contributed by atoms with van der Waals surface area (Å²) in [5.41, 5.74) is 4.02. The van der Waals surface area contributed by atoms with E-state index in [0.717, 1.165) is 94.0 Å². The van der Waals surface area contributed by atoms with Crippen molar-refractivity contribution in [2.45, 2.75) is 117 Å². The predicted molar refractivity (Wildman–Crippen MR) is 346 cm³/mol. The average molecular weight is 1120 g/mol. The quantitative estimate of drug-likeness (QED) is 0.00789. The molecule has 0 spiro atoms. The first kappa shape index (κ1) is 65.0. The smallest absolute Gasteiger partial charge is 0.311 e. The van der Waals surface area contributed by atoms with E-state index in [0.29, 0.717) is 51.8 Å². The Kier molecular flexibility index (Phi) is 30.6. The number of nitrogens with zero attached hydrogens (tertiary/aromatic N) is 4. The van der Waals surface area contributed by atoms with Crippen molar-refractivity contribution in [3.05, 3.63) is 218 Å². The van der Waals surface area contributed by atoms with Gasteiger partial charge in [0, 0.05) is 58.2 Å². The topological polar surface area (TPSA) is 169 Å². The van der Waals surface area contributed by atoms with E-state index in [-0.39, 0.29) is 35.8 Å². The number of nitrogens with one attached hydrogen (secondary N) is 2. The molecule has 12 nitrogen and oxygen atoms in total. The fourth-order valence-corrected chi connectivity index (χ4v) is 7.96. The molecule has 0 radical (unpaired) electrons. The van der Waals surface area contributed by atoms with Crippen molar-refractivity contribution >= 4 is 56.8 Å². The molecule has 0 aliphatic heterocycles. The second-order valence-corrected chi connectivity index (χ2v) is 19.0. The highest BCUT2D eigenvalue weighted by molar-refractivity contribution is 5.95. The van der Waals surface area contributed by atoms with Crippen molar-refractivity contribution in [1.29, 1.82) is 0 Å². The zero-order chi connectivity index (χ0) is 59.7. The molecule has 4 N–H and O–H groups in total. The molecule has 0 aliphatic rings. The molecule has 84 heavy (non-hydrogen) atoms. The summed E-state index contributed by atoms with van der Waals surface area (Å²) in [6.07, 6.45) is 69.7. The monoisotopic (exact) mass is 1120 g/mol. The average Bonchev–Trinajstić information content (AvgIpc) is 3.04. The van der Waals surface area contributed by atoms with Gasteiger partial charge in [0.05, 0.1) is 11.0 Å². The molecule has 432 valence electrons. The first-order chi connectivity index (χ1) is 41.2. The number of carbonyl (C=O) groups excluding carboxylic acids is 2.